The van der Waals surface area contributed by atoms with Gasteiger partial charge in [-0.25, -0.2) is 0 Å². The summed E-state index contributed by atoms with van der Waals surface area (Å²) < 4.78 is 6.01. The summed E-state index contributed by atoms with van der Waals surface area (Å²) in [6.45, 7) is 10.3. The first-order valence-electron chi connectivity index (χ1n) is 8.52. The van der Waals surface area contributed by atoms with Gasteiger partial charge in [0.25, 0.3) is 0 Å². The zero-order valence-corrected chi connectivity index (χ0v) is 14.4. The number of hydrogen-bond donors (Lipinski definition) is 0. The van der Waals surface area contributed by atoms with Crippen molar-refractivity contribution in [1.82, 2.24) is 0 Å². The molecule has 1 aromatic rings. The van der Waals surface area contributed by atoms with E-state index in [1.54, 1.807) is 0 Å². The molecule has 1 aliphatic carbocycles. The molecule has 0 radical (unpaired) electrons. The highest BCUT2D eigenvalue weighted by molar-refractivity contribution is 5.56. The van der Waals surface area contributed by atoms with E-state index in [2.05, 4.69) is 39.8 Å². The van der Waals surface area contributed by atoms with Gasteiger partial charge in [0.2, 0.25) is 0 Å². The van der Waals surface area contributed by atoms with Gasteiger partial charge >= 0.3 is 0 Å². The fraction of sp³-hybridized carbons (Fsp3) is 0.650. The minimum absolute atomic E-state index is 0.0912. The van der Waals surface area contributed by atoms with Gasteiger partial charge in [0.15, 0.2) is 0 Å². The predicted molar refractivity (Wildman–Crippen MR) is 90.5 cm³/mol. The maximum absolute atomic E-state index is 11.7. The van der Waals surface area contributed by atoms with E-state index in [1.807, 2.05) is 18.2 Å². The molecule has 1 fully saturated rings. The minimum atomic E-state index is 0.0912. The van der Waals surface area contributed by atoms with E-state index in [0.29, 0.717) is 31.0 Å². The van der Waals surface area contributed by atoms with Crippen molar-refractivity contribution in [2.75, 3.05) is 6.61 Å². The zero-order valence-electron chi connectivity index (χ0n) is 14.4. The van der Waals surface area contributed by atoms with Gasteiger partial charge in [-0.15, -0.1) is 0 Å². The number of benzene rings is 1. The smallest absolute Gasteiger partial charge is 0.123 e. The average molecular weight is 302 g/mol. The van der Waals surface area contributed by atoms with Gasteiger partial charge < -0.3 is 9.53 Å². The standard InChI is InChI=1S/C20H30O2/c1-15(2)17-10-11-20(3,4)19(12-21)18(17)14-22-13-16-8-6-5-7-9-16/h5-9,12,15,17-19H,10-11,13-14H2,1-4H3/t17-,18-,19+/m0/s1. The number of carbonyl (C=O) groups is 1. The SMILES string of the molecule is CC(C)[C@@H]1CCC(C)(C)[C@H](C=O)[C@H]1COCc1ccccc1. The Morgan fingerprint density at radius 2 is 1.95 bits per heavy atom. The minimum Gasteiger partial charge on any atom is -0.376 e. The van der Waals surface area contributed by atoms with E-state index >= 15 is 0 Å². The summed E-state index contributed by atoms with van der Waals surface area (Å²) in [5.41, 5.74) is 1.29. The Morgan fingerprint density at radius 1 is 1.27 bits per heavy atom. The molecule has 0 aromatic heterocycles. The Bertz CT molecular complexity index is 464. The van der Waals surface area contributed by atoms with Crippen LogP contribution >= 0.6 is 0 Å². The van der Waals surface area contributed by atoms with Crippen molar-refractivity contribution in [3.8, 4) is 0 Å². The summed E-state index contributed by atoms with van der Waals surface area (Å²) in [7, 11) is 0. The molecular formula is C20H30O2. The van der Waals surface area contributed by atoms with Gasteiger partial charge in [-0.05, 0) is 41.6 Å². The van der Waals surface area contributed by atoms with Crippen LogP contribution in [0.5, 0.6) is 0 Å². The normalized spacial score (nSPS) is 27.8. The van der Waals surface area contributed by atoms with E-state index in [0.717, 1.165) is 6.42 Å². The summed E-state index contributed by atoms with van der Waals surface area (Å²) in [5, 5.41) is 0. The first kappa shape index (κ1) is 17.2. The van der Waals surface area contributed by atoms with E-state index in [4.69, 9.17) is 4.74 Å². The maximum Gasteiger partial charge on any atom is 0.123 e. The van der Waals surface area contributed by atoms with Gasteiger partial charge in [0, 0.05) is 5.92 Å². The lowest BCUT2D eigenvalue weighted by Crippen LogP contribution is -2.44. The zero-order chi connectivity index (χ0) is 16.2. The lowest BCUT2D eigenvalue weighted by atomic mass is 9.58. The molecule has 0 heterocycles. The van der Waals surface area contributed by atoms with Crippen molar-refractivity contribution in [2.24, 2.45) is 29.1 Å². The van der Waals surface area contributed by atoms with Gasteiger partial charge in [0.1, 0.15) is 6.29 Å². The molecule has 0 aliphatic heterocycles. The Hall–Kier alpha value is -1.15. The fourth-order valence-electron chi connectivity index (χ4n) is 3.99. The molecule has 0 N–H and O–H groups in total. The van der Waals surface area contributed by atoms with Gasteiger partial charge in [-0.3, -0.25) is 0 Å². The van der Waals surface area contributed by atoms with Gasteiger partial charge in [0.05, 0.1) is 13.2 Å². The van der Waals surface area contributed by atoms with E-state index in [9.17, 15) is 4.79 Å². The molecule has 1 aromatic carbocycles. The number of hydrogen-bond acceptors (Lipinski definition) is 2. The van der Waals surface area contributed by atoms with Crippen molar-refractivity contribution in [2.45, 2.75) is 47.1 Å². The quantitative estimate of drug-likeness (QED) is 0.710. The van der Waals surface area contributed by atoms with Crippen LogP contribution in [0.15, 0.2) is 30.3 Å². The monoisotopic (exact) mass is 302 g/mol. The highest BCUT2D eigenvalue weighted by Gasteiger charge is 2.44. The highest BCUT2D eigenvalue weighted by Crippen LogP contribution is 2.48. The van der Waals surface area contributed by atoms with Crippen LogP contribution in [0.4, 0.5) is 0 Å². The first-order valence-corrected chi connectivity index (χ1v) is 8.52. The molecule has 2 nitrogen and oxygen atoms in total. The predicted octanol–water partition coefficient (Wildman–Crippen LogP) is 4.73. The molecule has 0 bridgehead atoms. The van der Waals surface area contributed by atoms with E-state index in [-0.39, 0.29) is 11.3 Å². The molecule has 1 aliphatic rings. The van der Waals surface area contributed by atoms with Crippen LogP contribution in [-0.2, 0) is 16.1 Å². The molecule has 22 heavy (non-hydrogen) atoms. The first-order chi connectivity index (χ1) is 10.5. The summed E-state index contributed by atoms with van der Waals surface area (Å²) in [6.07, 6.45) is 3.52. The molecule has 3 atom stereocenters. The Kier molecular flexibility index (Phi) is 5.80. The third kappa shape index (κ3) is 3.98. The summed E-state index contributed by atoms with van der Waals surface area (Å²) in [6, 6.07) is 10.3. The van der Waals surface area contributed by atoms with E-state index in [1.165, 1.54) is 18.3 Å². The van der Waals surface area contributed by atoms with Crippen molar-refractivity contribution < 1.29 is 9.53 Å². The lowest BCUT2D eigenvalue weighted by molar-refractivity contribution is -0.124. The van der Waals surface area contributed by atoms with Crippen LogP contribution in [0.25, 0.3) is 0 Å². The molecular weight excluding hydrogens is 272 g/mol. The summed E-state index contributed by atoms with van der Waals surface area (Å²) in [5.74, 6) is 1.62. The highest BCUT2D eigenvalue weighted by atomic mass is 16.5. The topological polar surface area (TPSA) is 26.3 Å². The van der Waals surface area contributed by atoms with Gasteiger partial charge in [-0.2, -0.15) is 0 Å². The number of ether oxygens (including phenoxy) is 1. The van der Waals surface area contributed by atoms with Crippen LogP contribution in [0.2, 0.25) is 0 Å². The van der Waals surface area contributed by atoms with Crippen LogP contribution < -0.4 is 0 Å². The number of rotatable bonds is 6. The third-order valence-electron chi connectivity index (χ3n) is 5.46. The van der Waals surface area contributed by atoms with Crippen molar-refractivity contribution in [1.29, 1.82) is 0 Å². The largest absolute Gasteiger partial charge is 0.376 e. The molecule has 0 unspecified atom stereocenters. The Balaban J connectivity index is 2.03. The molecule has 2 heteroatoms. The van der Waals surface area contributed by atoms with Crippen LogP contribution in [0, 0.1) is 29.1 Å². The second-order valence-electron chi connectivity index (χ2n) is 7.76. The number of carbonyl (C=O) groups excluding carboxylic acids is 1. The molecule has 0 amide bonds. The number of aldehydes is 1. The third-order valence-corrected chi connectivity index (χ3v) is 5.46. The molecule has 0 spiro atoms. The van der Waals surface area contributed by atoms with Gasteiger partial charge in [-0.1, -0.05) is 58.0 Å². The van der Waals surface area contributed by atoms with E-state index < -0.39 is 0 Å². The lowest BCUT2D eigenvalue weighted by Gasteiger charge is -2.47. The summed E-state index contributed by atoms with van der Waals surface area (Å²) >= 11 is 0. The Morgan fingerprint density at radius 3 is 2.55 bits per heavy atom. The molecule has 0 saturated heterocycles. The van der Waals surface area contributed by atoms with Crippen LogP contribution in [0.3, 0.4) is 0 Å². The molecule has 2 rings (SSSR count). The molecule has 122 valence electrons. The van der Waals surface area contributed by atoms with Crippen LogP contribution in [-0.4, -0.2) is 12.9 Å². The Labute approximate surface area is 135 Å². The van der Waals surface area contributed by atoms with Crippen molar-refractivity contribution in [3.63, 3.8) is 0 Å². The second-order valence-corrected chi connectivity index (χ2v) is 7.76. The average Bonchev–Trinajstić information content (AvgIpc) is 2.47. The second kappa shape index (κ2) is 7.41. The van der Waals surface area contributed by atoms with Crippen molar-refractivity contribution >= 4 is 6.29 Å². The molecule has 1 saturated carbocycles. The van der Waals surface area contributed by atoms with Crippen molar-refractivity contribution in [3.05, 3.63) is 35.9 Å². The van der Waals surface area contributed by atoms with Crippen LogP contribution in [0.1, 0.15) is 46.1 Å². The fourth-order valence-corrected chi connectivity index (χ4v) is 3.99. The summed E-state index contributed by atoms with van der Waals surface area (Å²) in [4.78, 5) is 11.7. The maximum atomic E-state index is 11.7.